The van der Waals surface area contributed by atoms with Gasteiger partial charge < -0.3 is 11.1 Å². The van der Waals surface area contributed by atoms with E-state index in [-0.39, 0.29) is 0 Å². The lowest BCUT2D eigenvalue weighted by atomic mass is 9.96. The fraction of sp³-hybridized carbons (Fsp3) is 0.571. The van der Waals surface area contributed by atoms with Crippen LogP contribution < -0.4 is 11.1 Å². The van der Waals surface area contributed by atoms with Crippen molar-refractivity contribution in [2.75, 3.05) is 18.1 Å². The van der Waals surface area contributed by atoms with Crippen LogP contribution in [0.4, 0.5) is 5.69 Å². The molecule has 0 heterocycles. The zero-order valence-corrected chi connectivity index (χ0v) is 12.3. The molecule has 5 heteroatoms. The minimum Gasteiger partial charge on any atom is -0.377 e. The van der Waals surface area contributed by atoms with Crippen molar-refractivity contribution < 1.29 is 8.42 Å². The standard InChI is InChI=1S/C14H22N2O2S/c1-11-5-3-6-12(9-11)16-14(10-15)8-4-7-13(14)19(2,17)18/h3,5-6,9,13,16H,4,7-8,10,15H2,1-2H3. The minimum atomic E-state index is -3.09. The number of nitrogens with two attached hydrogens (primary N) is 1. The molecule has 1 saturated carbocycles. The van der Waals surface area contributed by atoms with Crippen LogP contribution in [0, 0.1) is 6.92 Å². The molecule has 3 N–H and O–H groups in total. The summed E-state index contributed by atoms with van der Waals surface area (Å²) < 4.78 is 23.9. The van der Waals surface area contributed by atoms with Crippen LogP contribution in [0.2, 0.25) is 0 Å². The van der Waals surface area contributed by atoms with Gasteiger partial charge in [0, 0.05) is 18.5 Å². The summed E-state index contributed by atoms with van der Waals surface area (Å²) in [6.07, 6.45) is 3.70. The molecule has 1 aromatic rings. The van der Waals surface area contributed by atoms with E-state index in [1.54, 1.807) is 0 Å². The van der Waals surface area contributed by atoms with E-state index in [4.69, 9.17) is 5.73 Å². The predicted molar refractivity (Wildman–Crippen MR) is 79.1 cm³/mol. The summed E-state index contributed by atoms with van der Waals surface area (Å²) in [5, 5.41) is 3.00. The average Bonchev–Trinajstić information content (AvgIpc) is 2.73. The lowest BCUT2D eigenvalue weighted by molar-refractivity contribution is 0.479. The Balaban J connectivity index is 2.33. The molecule has 4 nitrogen and oxygen atoms in total. The Hall–Kier alpha value is -1.07. The molecule has 2 atom stereocenters. The fourth-order valence-corrected chi connectivity index (χ4v) is 4.79. The Labute approximate surface area is 115 Å². The molecule has 1 aromatic carbocycles. The summed E-state index contributed by atoms with van der Waals surface area (Å²) >= 11 is 0. The van der Waals surface area contributed by atoms with Gasteiger partial charge in [-0.3, -0.25) is 0 Å². The van der Waals surface area contributed by atoms with Gasteiger partial charge in [-0.05, 0) is 43.9 Å². The summed E-state index contributed by atoms with van der Waals surface area (Å²) in [6, 6.07) is 7.96. The van der Waals surface area contributed by atoms with Crippen LogP contribution in [-0.2, 0) is 9.84 Å². The first-order valence-corrected chi connectivity index (χ1v) is 8.57. The van der Waals surface area contributed by atoms with Crippen molar-refractivity contribution in [2.45, 2.75) is 37.0 Å². The van der Waals surface area contributed by atoms with Gasteiger partial charge in [-0.15, -0.1) is 0 Å². The average molecular weight is 282 g/mol. The van der Waals surface area contributed by atoms with Crippen LogP contribution in [0.15, 0.2) is 24.3 Å². The van der Waals surface area contributed by atoms with Gasteiger partial charge in [0.05, 0.1) is 10.8 Å². The van der Waals surface area contributed by atoms with Crippen LogP contribution >= 0.6 is 0 Å². The second-order valence-electron chi connectivity index (χ2n) is 5.57. The van der Waals surface area contributed by atoms with E-state index in [1.165, 1.54) is 6.26 Å². The summed E-state index contributed by atoms with van der Waals surface area (Å²) in [4.78, 5) is 0. The molecule has 0 radical (unpaired) electrons. The van der Waals surface area contributed by atoms with Crippen LogP contribution in [0.25, 0.3) is 0 Å². The number of hydrogen-bond acceptors (Lipinski definition) is 4. The third-order valence-corrected chi connectivity index (χ3v) is 5.72. The molecule has 0 saturated heterocycles. The van der Waals surface area contributed by atoms with E-state index in [9.17, 15) is 8.42 Å². The molecule has 0 aliphatic heterocycles. The number of benzene rings is 1. The van der Waals surface area contributed by atoms with Gasteiger partial charge in [-0.1, -0.05) is 12.1 Å². The zero-order valence-electron chi connectivity index (χ0n) is 11.5. The normalized spacial score (nSPS) is 27.4. The van der Waals surface area contributed by atoms with Crippen LogP contribution in [0.3, 0.4) is 0 Å². The second kappa shape index (κ2) is 5.13. The maximum atomic E-state index is 12.0. The van der Waals surface area contributed by atoms with E-state index < -0.39 is 20.6 Å². The highest BCUT2D eigenvalue weighted by molar-refractivity contribution is 7.91. The second-order valence-corrected chi connectivity index (χ2v) is 7.79. The topological polar surface area (TPSA) is 72.2 Å². The molecule has 1 aliphatic rings. The number of nitrogens with one attached hydrogen (secondary N) is 1. The molecule has 0 aromatic heterocycles. The lowest BCUT2D eigenvalue weighted by Gasteiger charge is -2.35. The maximum Gasteiger partial charge on any atom is 0.152 e. The SMILES string of the molecule is Cc1cccc(NC2(CN)CCCC2S(C)(=O)=O)c1. The number of hydrogen-bond donors (Lipinski definition) is 2. The molecular weight excluding hydrogens is 260 g/mol. The first kappa shape index (κ1) is 14.3. The van der Waals surface area contributed by atoms with Crippen LogP contribution in [-0.4, -0.2) is 32.0 Å². The van der Waals surface area contributed by atoms with Gasteiger partial charge in [0.25, 0.3) is 0 Å². The molecule has 19 heavy (non-hydrogen) atoms. The lowest BCUT2D eigenvalue weighted by Crippen LogP contribution is -2.54. The highest BCUT2D eigenvalue weighted by Crippen LogP contribution is 2.37. The number of sulfone groups is 1. The van der Waals surface area contributed by atoms with Gasteiger partial charge in [0.1, 0.15) is 0 Å². The van der Waals surface area contributed by atoms with Gasteiger partial charge in [0.2, 0.25) is 0 Å². The Morgan fingerprint density at radius 2 is 2.21 bits per heavy atom. The van der Waals surface area contributed by atoms with Crippen molar-refractivity contribution in [1.29, 1.82) is 0 Å². The summed E-state index contributed by atoms with van der Waals surface area (Å²) in [5.74, 6) is 0. The van der Waals surface area contributed by atoms with Gasteiger partial charge in [-0.25, -0.2) is 8.42 Å². The van der Waals surface area contributed by atoms with E-state index in [0.29, 0.717) is 13.0 Å². The predicted octanol–water partition coefficient (Wildman–Crippen LogP) is 1.70. The van der Waals surface area contributed by atoms with Gasteiger partial charge >= 0.3 is 0 Å². The zero-order chi connectivity index (χ0) is 14.1. The number of aryl methyl sites for hydroxylation is 1. The fourth-order valence-electron chi connectivity index (χ4n) is 3.10. The van der Waals surface area contributed by atoms with Crippen molar-refractivity contribution in [3.05, 3.63) is 29.8 Å². The van der Waals surface area contributed by atoms with Crippen molar-refractivity contribution >= 4 is 15.5 Å². The van der Waals surface area contributed by atoms with Crippen LogP contribution in [0.5, 0.6) is 0 Å². The monoisotopic (exact) mass is 282 g/mol. The summed E-state index contributed by atoms with van der Waals surface area (Å²) in [7, 11) is -3.09. The van der Waals surface area contributed by atoms with E-state index in [1.807, 2.05) is 31.2 Å². The van der Waals surface area contributed by atoms with Crippen LogP contribution in [0.1, 0.15) is 24.8 Å². The van der Waals surface area contributed by atoms with Gasteiger partial charge in [-0.2, -0.15) is 0 Å². The molecule has 0 spiro atoms. The first-order chi connectivity index (χ1) is 8.87. The molecule has 0 amide bonds. The maximum absolute atomic E-state index is 12.0. The van der Waals surface area contributed by atoms with E-state index >= 15 is 0 Å². The smallest absolute Gasteiger partial charge is 0.152 e. The molecule has 2 unspecified atom stereocenters. The Bertz CT molecular complexity index is 556. The van der Waals surface area contributed by atoms with E-state index in [2.05, 4.69) is 5.32 Å². The van der Waals surface area contributed by atoms with E-state index in [0.717, 1.165) is 24.1 Å². The quantitative estimate of drug-likeness (QED) is 0.881. The van der Waals surface area contributed by atoms with Crippen molar-refractivity contribution in [2.24, 2.45) is 5.73 Å². The first-order valence-electron chi connectivity index (χ1n) is 6.61. The highest BCUT2D eigenvalue weighted by Gasteiger charge is 2.47. The molecular formula is C14H22N2O2S. The molecule has 106 valence electrons. The highest BCUT2D eigenvalue weighted by atomic mass is 32.2. The van der Waals surface area contributed by atoms with Crippen molar-refractivity contribution in [1.82, 2.24) is 0 Å². The molecule has 1 fully saturated rings. The molecule has 0 bridgehead atoms. The summed E-state index contributed by atoms with van der Waals surface area (Å²) in [6.45, 7) is 2.35. The number of rotatable bonds is 4. The summed E-state index contributed by atoms with van der Waals surface area (Å²) in [5.41, 5.74) is 7.48. The Morgan fingerprint density at radius 3 is 2.79 bits per heavy atom. The Morgan fingerprint density at radius 1 is 1.47 bits per heavy atom. The number of anilines is 1. The molecule has 1 aliphatic carbocycles. The van der Waals surface area contributed by atoms with Crippen molar-refractivity contribution in [3.8, 4) is 0 Å². The molecule has 2 rings (SSSR count). The third kappa shape index (κ3) is 2.92. The minimum absolute atomic E-state index is 0.332. The largest absolute Gasteiger partial charge is 0.377 e. The van der Waals surface area contributed by atoms with Crippen molar-refractivity contribution in [3.63, 3.8) is 0 Å². The third-order valence-electron chi connectivity index (χ3n) is 4.00. The van der Waals surface area contributed by atoms with Gasteiger partial charge in [0.15, 0.2) is 9.84 Å². The Kier molecular flexibility index (Phi) is 3.87.